The molecular formula is C10H16N2S. The molecule has 1 N–H and O–H groups in total. The topological polar surface area (TPSA) is 24.9 Å². The van der Waals surface area contributed by atoms with Gasteiger partial charge in [-0.15, -0.1) is 17.9 Å². The number of hydrogen-bond acceptors (Lipinski definition) is 3. The van der Waals surface area contributed by atoms with Gasteiger partial charge in [0.2, 0.25) is 0 Å². The number of aromatic nitrogens is 1. The third-order valence-electron chi connectivity index (χ3n) is 1.80. The summed E-state index contributed by atoms with van der Waals surface area (Å²) in [5.74, 6) is 0.562. The van der Waals surface area contributed by atoms with Crippen molar-refractivity contribution in [2.24, 2.45) is 0 Å². The molecule has 0 radical (unpaired) electrons. The molecule has 0 aromatic carbocycles. The van der Waals surface area contributed by atoms with E-state index in [-0.39, 0.29) is 6.04 Å². The van der Waals surface area contributed by atoms with Gasteiger partial charge in [0.15, 0.2) is 5.13 Å². The average molecular weight is 196 g/mol. The van der Waals surface area contributed by atoms with E-state index in [1.54, 1.807) is 11.3 Å². The zero-order valence-corrected chi connectivity index (χ0v) is 9.19. The molecule has 0 amide bonds. The fourth-order valence-corrected chi connectivity index (χ4v) is 1.79. The van der Waals surface area contributed by atoms with E-state index in [4.69, 9.17) is 0 Å². The fraction of sp³-hybridized carbons (Fsp3) is 0.500. The van der Waals surface area contributed by atoms with Crippen LogP contribution in [0.25, 0.3) is 0 Å². The molecule has 0 aliphatic rings. The highest BCUT2D eigenvalue weighted by Crippen LogP contribution is 2.25. The number of anilines is 1. The monoisotopic (exact) mass is 196 g/mol. The van der Waals surface area contributed by atoms with Crippen LogP contribution in [0.15, 0.2) is 18.9 Å². The van der Waals surface area contributed by atoms with Crippen molar-refractivity contribution < 1.29 is 0 Å². The van der Waals surface area contributed by atoms with Gasteiger partial charge in [-0.2, -0.15) is 0 Å². The van der Waals surface area contributed by atoms with Gasteiger partial charge in [-0.05, 0) is 12.8 Å². The Labute approximate surface area is 83.7 Å². The SMILES string of the molecule is C=CC(C)Nc1ncc(C(C)C)s1. The maximum absolute atomic E-state index is 4.28. The molecule has 1 atom stereocenters. The number of hydrogen-bond donors (Lipinski definition) is 1. The van der Waals surface area contributed by atoms with Gasteiger partial charge in [-0.1, -0.05) is 19.9 Å². The summed E-state index contributed by atoms with van der Waals surface area (Å²) in [6.45, 7) is 10.1. The summed E-state index contributed by atoms with van der Waals surface area (Å²) in [4.78, 5) is 5.60. The van der Waals surface area contributed by atoms with Crippen molar-refractivity contribution in [3.63, 3.8) is 0 Å². The Kier molecular flexibility index (Phi) is 3.48. The first-order valence-electron chi connectivity index (χ1n) is 4.48. The Morgan fingerprint density at radius 1 is 1.54 bits per heavy atom. The van der Waals surface area contributed by atoms with E-state index in [9.17, 15) is 0 Å². The summed E-state index contributed by atoms with van der Waals surface area (Å²) < 4.78 is 0. The molecule has 0 bridgehead atoms. The predicted octanol–water partition coefficient (Wildman–Crippen LogP) is 3.25. The molecule has 0 fully saturated rings. The van der Waals surface area contributed by atoms with Crippen LogP contribution < -0.4 is 5.32 Å². The molecule has 2 nitrogen and oxygen atoms in total. The molecular weight excluding hydrogens is 180 g/mol. The minimum absolute atomic E-state index is 0.283. The van der Waals surface area contributed by atoms with Gasteiger partial charge in [-0.3, -0.25) is 0 Å². The zero-order valence-electron chi connectivity index (χ0n) is 8.37. The fourth-order valence-electron chi connectivity index (χ4n) is 0.874. The van der Waals surface area contributed by atoms with E-state index >= 15 is 0 Å². The van der Waals surface area contributed by atoms with E-state index in [1.165, 1.54) is 4.88 Å². The van der Waals surface area contributed by atoms with Crippen LogP contribution in [0.2, 0.25) is 0 Å². The summed E-state index contributed by atoms with van der Waals surface area (Å²) in [6, 6.07) is 0.283. The van der Waals surface area contributed by atoms with Gasteiger partial charge in [0, 0.05) is 17.1 Å². The minimum Gasteiger partial charge on any atom is -0.356 e. The Balaban J connectivity index is 2.63. The van der Waals surface area contributed by atoms with E-state index in [0.717, 1.165) is 5.13 Å². The van der Waals surface area contributed by atoms with Crippen molar-refractivity contribution in [3.8, 4) is 0 Å². The third-order valence-corrected chi connectivity index (χ3v) is 3.03. The van der Waals surface area contributed by atoms with Crippen molar-refractivity contribution >= 4 is 16.5 Å². The van der Waals surface area contributed by atoms with Crippen molar-refractivity contribution in [1.82, 2.24) is 4.98 Å². The highest BCUT2D eigenvalue weighted by molar-refractivity contribution is 7.15. The van der Waals surface area contributed by atoms with Gasteiger partial charge in [-0.25, -0.2) is 4.98 Å². The van der Waals surface area contributed by atoms with Crippen LogP contribution in [-0.2, 0) is 0 Å². The smallest absolute Gasteiger partial charge is 0.183 e. The average Bonchev–Trinajstić information content (AvgIpc) is 2.52. The lowest BCUT2D eigenvalue weighted by Gasteiger charge is -2.05. The third kappa shape index (κ3) is 2.84. The first-order chi connectivity index (χ1) is 6.13. The van der Waals surface area contributed by atoms with Gasteiger partial charge < -0.3 is 5.32 Å². The van der Waals surface area contributed by atoms with Crippen molar-refractivity contribution in [3.05, 3.63) is 23.7 Å². The Morgan fingerprint density at radius 2 is 2.23 bits per heavy atom. The number of thiazole rings is 1. The quantitative estimate of drug-likeness (QED) is 0.748. The maximum Gasteiger partial charge on any atom is 0.183 e. The molecule has 3 heteroatoms. The molecule has 1 aromatic rings. The number of nitrogens with one attached hydrogen (secondary N) is 1. The minimum atomic E-state index is 0.283. The molecule has 72 valence electrons. The van der Waals surface area contributed by atoms with Gasteiger partial charge in [0.25, 0.3) is 0 Å². The van der Waals surface area contributed by atoms with Crippen LogP contribution in [0.5, 0.6) is 0 Å². The molecule has 0 aliphatic carbocycles. The lowest BCUT2D eigenvalue weighted by Crippen LogP contribution is -2.10. The van der Waals surface area contributed by atoms with Gasteiger partial charge >= 0.3 is 0 Å². The summed E-state index contributed by atoms with van der Waals surface area (Å²) in [6.07, 6.45) is 3.81. The molecule has 1 rings (SSSR count). The largest absolute Gasteiger partial charge is 0.356 e. The van der Waals surface area contributed by atoms with E-state index in [1.807, 2.05) is 12.3 Å². The van der Waals surface area contributed by atoms with Crippen LogP contribution >= 0.6 is 11.3 Å². The van der Waals surface area contributed by atoms with Gasteiger partial charge in [0.05, 0.1) is 0 Å². The predicted molar refractivity (Wildman–Crippen MR) is 59.5 cm³/mol. The Hall–Kier alpha value is -0.830. The van der Waals surface area contributed by atoms with Crippen LogP contribution in [0.1, 0.15) is 31.6 Å². The van der Waals surface area contributed by atoms with Crippen molar-refractivity contribution in [1.29, 1.82) is 0 Å². The number of rotatable bonds is 4. The first kappa shape index (κ1) is 10.3. The highest BCUT2D eigenvalue weighted by Gasteiger charge is 2.05. The summed E-state index contributed by atoms with van der Waals surface area (Å²) in [5, 5.41) is 4.24. The van der Waals surface area contributed by atoms with E-state index in [0.29, 0.717) is 5.92 Å². The molecule has 1 heterocycles. The van der Waals surface area contributed by atoms with E-state index < -0.39 is 0 Å². The van der Waals surface area contributed by atoms with Crippen molar-refractivity contribution in [2.75, 3.05) is 5.32 Å². The second kappa shape index (κ2) is 4.42. The highest BCUT2D eigenvalue weighted by atomic mass is 32.1. The standard InChI is InChI=1S/C10H16N2S/c1-5-8(4)12-10-11-6-9(13-10)7(2)3/h5-8H,1H2,2-4H3,(H,11,12). The van der Waals surface area contributed by atoms with Crippen LogP contribution in [0, 0.1) is 0 Å². The normalized spacial score (nSPS) is 12.9. The molecule has 0 spiro atoms. The molecule has 1 unspecified atom stereocenters. The van der Waals surface area contributed by atoms with Crippen molar-refractivity contribution in [2.45, 2.75) is 32.7 Å². The number of nitrogens with zero attached hydrogens (tertiary/aromatic N) is 1. The van der Waals surface area contributed by atoms with E-state index in [2.05, 4.69) is 37.7 Å². The molecule has 13 heavy (non-hydrogen) atoms. The summed E-state index contributed by atoms with van der Waals surface area (Å²) >= 11 is 1.71. The second-order valence-corrected chi connectivity index (χ2v) is 4.45. The van der Waals surface area contributed by atoms with Crippen LogP contribution in [0.3, 0.4) is 0 Å². The lowest BCUT2D eigenvalue weighted by molar-refractivity contribution is 0.885. The lowest BCUT2D eigenvalue weighted by atomic mass is 10.2. The van der Waals surface area contributed by atoms with Gasteiger partial charge in [0.1, 0.15) is 0 Å². The summed E-state index contributed by atoms with van der Waals surface area (Å²) in [5.41, 5.74) is 0. The molecule has 0 saturated heterocycles. The summed E-state index contributed by atoms with van der Waals surface area (Å²) in [7, 11) is 0. The van der Waals surface area contributed by atoms with Crippen LogP contribution in [-0.4, -0.2) is 11.0 Å². The zero-order chi connectivity index (χ0) is 9.84. The second-order valence-electron chi connectivity index (χ2n) is 3.39. The maximum atomic E-state index is 4.28. The molecule has 0 saturated carbocycles. The Bertz CT molecular complexity index is 278. The molecule has 0 aliphatic heterocycles. The first-order valence-corrected chi connectivity index (χ1v) is 5.30. The van der Waals surface area contributed by atoms with Crippen LogP contribution in [0.4, 0.5) is 5.13 Å². The molecule has 1 aromatic heterocycles. The Morgan fingerprint density at radius 3 is 2.69 bits per heavy atom.